The number of rotatable bonds is 14. The van der Waals surface area contributed by atoms with Crippen LogP contribution < -0.4 is 31.2 Å². The SMILES string of the molecule is CC.CCCNC(=O)c1ccc(-c2cc3c(cc2C(=O)Nc2ccc(CC(=O)O)cc2)-c2sccc2CCO3)c(C(=O)O)n1.NCc1ccc(NC(=O)c2cc3c(cc2C2=C(C(=O)O)CCCC2)OCCc2ccsc2-3)cc1. The highest BCUT2D eigenvalue weighted by Gasteiger charge is 2.29. The highest BCUT2D eigenvalue weighted by Crippen LogP contribution is 2.46. The van der Waals surface area contributed by atoms with Crippen molar-refractivity contribution in [3.63, 3.8) is 0 Å². The number of benzene rings is 4. The average Bonchev–Trinajstić information content (AvgIpc) is 4.05. The Balaban J connectivity index is 0.000000203. The number of aliphatic carboxylic acids is 2. The van der Waals surface area contributed by atoms with Crippen LogP contribution in [0.5, 0.6) is 11.5 Å². The number of hydrogen-bond donors (Lipinski definition) is 7. The van der Waals surface area contributed by atoms with E-state index in [1.807, 2.05) is 68.6 Å². The van der Waals surface area contributed by atoms with Gasteiger partial charge in [-0.2, -0.15) is 0 Å². The van der Waals surface area contributed by atoms with Crippen molar-refractivity contribution in [1.82, 2.24) is 10.3 Å². The molecule has 0 saturated carbocycles. The second kappa shape index (κ2) is 25.6. The Hall–Kier alpha value is -8.45. The van der Waals surface area contributed by atoms with Crippen LogP contribution in [0, 0.1) is 0 Å². The van der Waals surface area contributed by atoms with Gasteiger partial charge in [-0.1, -0.05) is 45.0 Å². The van der Waals surface area contributed by atoms with Gasteiger partial charge in [0.2, 0.25) is 0 Å². The lowest BCUT2D eigenvalue weighted by atomic mass is 9.84. The van der Waals surface area contributed by atoms with Crippen molar-refractivity contribution in [3.05, 3.63) is 164 Å². The summed E-state index contributed by atoms with van der Waals surface area (Å²) in [5, 5.41) is 41.5. The number of pyridine rings is 1. The minimum atomic E-state index is -1.35. The van der Waals surface area contributed by atoms with Crippen LogP contribution in [0.15, 0.2) is 113 Å². The maximum absolute atomic E-state index is 13.8. The van der Waals surface area contributed by atoms with Crippen LogP contribution in [0.3, 0.4) is 0 Å². The lowest BCUT2D eigenvalue weighted by Crippen LogP contribution is -2.25. The molecule has 2 aliphatic heterocycles. The Labute approximate surface area is 459 Å². The Bertz CT molecular complexity index is 3430. The number of fused-ring (bicyclic) bond motifs is 6. The van der Waals surface area contributed by atoms with Crippen molar-refractivity contribution in [1.29, 1.82) is 0 Å². The van der Waals surface area contributed by atoms with Crippen LogP contribution in [-0.4, -0.2) is 75.7 Å². The van der Waals surface area contributed by atoms with E-state index in [9.17, 15) is 39.0 Å². The van der Waals surface area contributed by atoms with Gasteiger partial charge in [0.05, 0.1) is 19.6 Å². The molecule has 0 spiro atoms. The molecular formula is C60H59N5O11S2. The number of anilines is 2. The lowest BCUT2D eigenvalue weighted by molar-refractivity contribution is -0.136. The van der Waals surface area contributed by atoms with Gasteiger partial charge in [-0.25, -0.2) is 14.6 Å². The summed E-state index contributed by atoms with van der Waals surface area (Å²) in [4.78, 5) is 81.6. The minimum absolute atomic E-state index is 0.0497. The quantitative estimate of drug-likeness (QED) is 0.0535. The molecule has 402 valence electrons. The number of carboxylic acids is 3. The van der Waals surface area contributed by atoms with Gasteiger partial charge >= 0.3 is 17.9 Å². The summed E-state index contributed by atoms with van der Waals surface area (Å²) >= 11 is 3.15. The van der Waals surface area contributed by atoms with Gasteiger partial charge in [-0.3, -0.25) is 19.2 Å². The van der Waals surface area contributed by atoms with Crippen LogP contribution in [0.4, 0.5) is 11.4 Å². The summed E-state index contributed by atoms with van der Waals surface area (Å²) in [5.74, 6) is -3.32. The minimum Gasteiger partial charge on any atom is -0.493 e. The first-order valence-corrected chi connectivity index (χ1v) is 27.5. The Morgan fingerprint density at radius 1 is 0.603 bits per heavy atom. The number of ether oxygens (including phenoxy) is 2. The maximum atomic E-state index is 13.8. The predicted octanol–water partition coefficient (Wildman–Crippen LogP) is 11.6. The second-order valence-corrected chi connectivity index (χ2v) is 20.1. The number of aromatic carboxylic acids is 1. The molecule has 10 rings (SSSR count). The molecule has 0 unspecified atom stereocenters. The standard InChI is InChI=1S/C31H27N3O7S.C27H26N2O4S.C2H6/c1-2-11-32-30(38)24-8-7-20(27(34-24)31(39)40)21-16-25-23(28-18(9-12-41-25)10-13-42-28)15-22(21)29(37)33-19-5-3-17(4-6-19)14-26(35)36;28-15-16-5-7-18(8-6-16)29-26(30)22-13-23-24(33-11-9-17-10-12-34-25(17)23)14-21(22)19-3-1-2-4-20(19)27(31)32;1-2/h3-8,10,13,15-16H,2,9,11-12,14H2,1H3,(H,32,38)(H,33,37)(H,35,36)(H,39,40);5-8,10,12-14H,1-4,9,11,15,28H2,(H,29,30)(H,31,32);1-2H3. The van der Waals surface area contributed by atoms with E-state index in [0.29, 0.717) is 103 Å². The maximum Gasteiger partial charge on any atom is 0.355 e. The van der Waals surface area contributed by atoms with E-state index in [0.717, 1.165) is 51.3 Å². The molecule has 7 aromatic rings. The first-order chi connectivity index (χ1) is 37.8. The molecule has 4 aromatic carbocycles. The van der Waals surface area contributed by atoms with E-state index in [4.69, 9.17) is 20.3 Å². The number of thiophene rings is 2. The molecule has 0 bridgehead atoms. The molecule has 78 heavy (non-hydrogen) atoms. The van der Waals surface area contributed by atoms with E-state index in [2.05, 4.69) is 32.4 Å². The number of carbonyl (C=O) groups excluding carboxylic acids is 3. The number of aromatic nitrogens is 1. The Morgan fingerprint density at radius 3 is 1.67 bits per heavy atom. The number of allylic oxidation sites excluding steroid dienone is 1. The fraction of sp³-hybridized carbons (Fsp3) is 0.250. The van der Waals surface area contributed by atoms with E-state index in [1.54, 1.807) is 47.7 Å². The summed E-state index contributed by atoms with van der Waals surface area (Å²) in [5.41, 5.74) is 14.6. The van der Waals surface area contributed by atoms with Gasteiger partial charge in [0.15, 0.2) is 5.69 Å². The summed E-state index contributed by atoms with van der Waals surface area (Å²) < 4.78 is 12.1. The summed E-state index contributed by atoms with van der Waals surface area (Å²) in [6.07, 6.45) is 4.87. The molecule has 0 saturated heterocycles. The number of nitrogens with two attached hydrogens (primary N) is 1. The van der Waals surface area contributed by atoms with Gasteiger partial charge < -0.3 is 46.5 Å². The zero-order chi connectivity index (χ0) is 55.5. The number of nitrogens with one attached hydrogen (secondary N) is 3. The van der Waals surface area contributed by atoms with E-state index < -0.39 is 29.7 Å². The number of amides is 3. The number of carboxylic acid groups (broad SMARTS) is 3. The fourth-order valence-corrected chi connectivity index (χ4v) is 11.4. The molecule has 1 aliphatic carbocycles. The van der Waals surface area contributed by atoms with Gasteiger partial charge in [0, 0.05) is 86.0 Å². The van der Waals surface area contributed by atoms with Crippen LogP contribution in [0.2, 0.25) is 0 Å². The van der Waals surface area contributed by atoms with Crippen molar-refractivity contribution >= 4 is 75.3 Å². The number of carbonyl (C=O) groups is 6. The van der Waals surface area contributed by atoms with Crippen molar-refractivity contribution in [3.8, 4) is 43.5 Å². The van der Waals surface area contributed by atoms with Crippen molar-refractivity contribution < 1.29 is 53.6 Å². The van der Waals surface area contributed by atoms with Crippen molar-refractivity contribution in [2.45, 2.75) is 78.7 Å². The monoisotopic (exact) mass is 1090 g/mol. The first kappa shape index (κ1) is 55.8. The summed E-state index contributed by atoms with van der Waals surface area (Å²) in [7, 11) is 0. The Kier molecular flexibility index (Phi) is 18.3. The third-order valence-corrected chi connectivity index (χ3v) is 15.2. The van der Waals surface area contributed by atoms with E-state index >= 15 is 0 Å². The Morgan fingerprint density at radius 2 is 1.14 bits per heavy atom. The fourth-order valence-electron chi connectivity index (χ4n) is 9.42. The van der Waals surface area contributed by atoms with Crippen molar-refractivity contribution in [2.24, 2.45) is 5.73 Å². The van der Waals surface area contributed by atoms with Gasteiger partial charge in [-0.05, 0) is 149 Å². The summed E-state index contributed by atoms with van der Waals surface area (Å²) in [6.45, 7) is 7.69. The highest BCUT2D eigenvalue weighted by molar-refractivity contribution is 7.14. The first-order valence-electron chi connectivity index (χ1n) is 25.8. The highest BCUT2D eigenvalue weighted by atomic mass is 32.1. The van der Waals surface area contributed by atoms with Crippen LogP contribution >= 0.6 is 22.7 Å². The molecule has 0 atom stereocenters. The molecule has 3 aliphatic rings. The third-order valence-electron chi connectivity index (χ3n) is 13.2. The summed E-state index contributed by atoms with van der Waals surface area (Å²) in [6, 6.07) is 27.9. The van der Waals surface area contributed by atoms with Gasteiger partial charge in [0.25, 0.3) is 17.7 Å². The predicted molar refractivity (Wildman–Crippen MR) is 303 cm³/mol. The molecule has 16 nitrogen and oxygen atoms in total. The van der Waals surface area contributed by atoms with Gasteiger partial charge in [-0.15, -0.1) is 22.7 Å². The smallest absolute Gasteiger partial charge is 0.355 e. The molecule has 8 N–H and O–H groups in total. The van der Waals surface area contributed by atoms with Crippen LogP contribution in [0.1, 0.15) is 122 Å². The van der Waals surface area contributed by atoms with Crippen molar-refractivity contribution in [2.75, 3.05) is 30.4 Å². The second-order valence-electron chi connectivity index (χ2n) is 18.2. The molecular weight excluding hydrogens is 1030 g/mol. The topological polar surface area (TPSA) is 257 Å². The van der Waals surface area contributed by atoms with Crippen LogP contribution in [0.25, 0.3) is 37.6 Å². The molecule has 0 radical (unpaired) electrons. The van der Waals surface area contributed by atoms with Crippen LogP contribution in [-0.2, 0) is 35.4 Å². The molecule has 3 aromatic heterocycles. The largest absolute Gasteiger partial charge is 0.493 e. The normalized spacial score (nSPS) is 13.0. The molecule has 18 heteroatoms. The third kappa shape index (κ3) is 12.7. The van der Waals surface area contributed by atoms with E-state index in [-0.39, 0.29) is 40.4 Å². The average molecular weight is 1090 g/mol. The lowest BCUT2D eigenvalue weighted by Gasteiger charge is -2.22. The van der Waals surface area contributed by atoms with E-state index in [1.165, 1.54) is 29.0 Å². The zero-order valence-corrected chi connectivity index (χ0v) is 45.0. The molecule has 0 fully saturated rings. The number of hydrogen-bond acceptors (Lipinski definition) is 12. The molecule has 3 amide bonds. The number of nitrogens with zero attached hydrogens (tertiary/aromatic N) is 1. The zero-order valence-electron chi connectivity index (χ0n) is 43.3. The molecule has 5 heterocycles. The van der Waals surface area contributed by atoms with Gasteiger partial charge in [0.1, 0.15) is 17.2 Å².